The number of nitrogens with one attached hydrogen (secondary N) is 1. The van der Waals surface area contributed by atoms with Gasteiger partial charge in [0, 0.05) is 12.1 Å². The van der Waals surface area contributed by atoms with Gasteiger partial charge in [-0.05, 0) is 20.0 Å². The van der Waals surface area contributed by atoms with Crippen LogP contribution in [0.3, 0.4) is 0 Å². The molecule has 0 bridgehead atoms. The molecular weight excluding hydrogens is 254 g/mol. The van der Waals surface area contributed by atoms with Crippen molar-refractivity contribution < 1.29 is 9.37 Å². The highest BCUT2D eigenvalue weighted by atomic mass is 35.5. The third-order valence-corrected chi connectivity index (χ3v) is 2.81. The Hall–Kier alpha value is -1.59. The third-order valence-electron chi connectivity index (χ3n) is 2.52. The van der Waals surface area contributed by atoms with Crippen molar-refractivity contribution >= 4 is 11.6 Å². The first-order valence-corrected chi connectivity index (χ1v) is 5.93. The van der Waals surface area contributed by atoms with Gasteiger partial charge in [0.05, 0.1) is 5.02 Å². The van der Waals surface area contributed by atoms with Crippen LogP contribution in [0.2, 0.25) is 5.02 Å². The third kappa shape index (κ3) is 2.80. The molecule has 0 aliphatic heterocycles. The Kier molecular flexibility index (Phi) is 4.17. The van der Waals surface area contributed by atoms with Crippen LogP contribution in [0.5, 0.6) is 5.75 Å². The van der Waals surface area contributed by atoms with Gasteiger partial charge in [-0.3, -0.25) is 0 Å². The van der Waals surface area contributed by atoms with Gasteiger partial charge >= 0.3 is 0 Å². The Bertz CT molecular complexity index is 528. The topological polar surface area (TPSA) is 60.2 Å². The fourth-order valence-electron chi connectivity index (χ4n) is 1.57. The number of ether oxygens (including phenoxy) is 1. The Labute approximate surface area is 110 Å². The Balaban J connectivity index is 2.15. The first-order chi connectivity index (χ1) is 8.72. The van der Waals surface area contributed by atoms with Gasteiger partial charge in [0.2, 0.25) is 0 Å². The summed E-state index contributed by atoms with van der Waals surface area (Å²) >= 11 is 6.13. The Morgan fingerprint density at radius 2 is 2.22 bits per heavy atom. The average Bonchev–Trinajstić information content (AvgIpc) is 2.75. The number of nitrogens with zero attached hydrogens (tertiary/aromatic N) is 2. The SMILES string of the molecule is CNCc1cccc(Cl)c1OCc1nonc1C. The molecule has 0 fully saturated rings. The molecule has 1 heterocycles. The van der Waals surface area contributed by atoms with E-state index in [0.717, 1.165) is 11.3 Å². The van der Waals surface area contributed by atoms with E-state index in [1.165, 1.54) is 0 Å². The van der Waals surface area contributed by atoms with Crippen LogP contribution in [-0.4, -0.2) is 17.4 Å². The van der Waals surface area contributed by atoms with Gasteiger partial charge in [-0.1, -0.05) is 34.0 Å². The predicted molar refractivity (Wildman–Crippen MR) is 67.6 cm³/mol. The van der Waals surface area contributed by atoms with Crippen LogP contribution in [0, 0.1) is 6.92 Å². The molecule has 1 aromatic carbocycles. The molecule has 1 N–H and O–H groups in total. The van der Waals surface area contributed by atoms with Gasteiger partial charge in [-0.2, -0.15) is 0 Å². The molecule has 0 amide bonds. The van der Waals surface area contributed by atoms with E-state index in [1.54, 1.807) is 6.07 Å². The van der Waals surface area contributed by atoms with Crippen molar-refractivity contribution in [2.75, 3.05) is 7.05 Å². The highest BCUT2D eigenvalue weighted by molar-refractivity contribution is 6.32. The van der Waals surface area contributed by atoms with Crippen LogP contribution in [0.15, 0.2) is 22.8 Å². The molecule has 96 valence electrons. The summed E-state index contributed by atoms with van der Waals surface area (Å²) in [4.78, 5) is 0. The lowest BCUT2D eigenvalue weighted by atomic mass is 10.2. The van der Waals surface area contributed by atoms with Crippen molar-refractivity contribution in [3.05, 3.63) is 40.2 Å². The number of para-hydroxylation sites is 1. The molecule has 1 aromatic heterocycles. The highest BCUT2D eigenvalue weighted by Crippen LogP contribution is 2.29. The van der Waals surface area contributed by atoms with Crippen LogP contribution in [0.1, 0.15) is 17.0 Å². The van der Waals surface area contributed by atoms with Crippen molar-refractivity contribution in [3.8, 4) is 5.75 Å². The summed E-state index contributed by atoms with van der Waals surface area (Å²) in [7, 11) is 1.87. The minimum absolute atomic E-state index is 0.287. The number of halogens is 1. The Morgan fingerprint density at radius 1 is 1.39 bits per heavy atom. The van der Waals surface area contributed by atoms with E-state index in [2.05, 4.69) is 20.3 Å². The molecule has 0 aliphatic carbocycles. The molecule has 6 heteroatoms. The first-order valence-electron chi connectivity index (χ1n) is 5.55. The maximum atomic E-state index is 6.13. The van der Waals surface area contributed by atoms with Crippen LogP contribution in [-0.2, 0) is 13.2 Å². The minimum Gasteiger partial charge on any atom is -0.485 e. The van der Waals surface area contributed by atoms with E-state index in [0.29, 0.717) is 23.0 Å². The molecule has 0 radical (unpaired) electrons. The fourth-order valence-corrected chi connectivity index (χ4v) is 1.81. The molecule has 18 heavy (non-hydrogen) atoms. The molecule has 2 rings (SSSR count). The molecule has 0 aliphatic rings. The number of hydrogen-bond acceptors (Lipinski definition) is 5. The van der Waals surface area contributed by atoms with E-state index in [4.69, 9.17) is 16.3 Å². The van der Waals surface area contributed by atoms with Crippen molar-refractivity contribution in [2.45, 2.75) is 20.1 Å². The molecule has 0 saturated heterocycles. The van der Waals surface area contributed by atoms with Crippen LogP contribution in [0.25, 0.3) is 0 Å². The average molecular weight is 268 g/mol. The molecular formula is C12H14ClN3O2. The zero-order valence-electron chi connectivity index (χ0n) is 10.2. The molecule has 0 unspecified atom stereocenters. The van der Waals surface area contributed by atoms with Crippen molar-refractivity contribution in [3.63, 3.8) is 0 Å². The van der Waals surface area contributed by atoms with Gasteiger partial charge in [0.25, 0.3) is 0 Å². The van der Waals surface area contributed by atoms with Crippen molar-refractivity contribution in [2.24, 2.45) is 0 Å². The molecule has 0 spiro atoms. The zero-order valence-corrected chi connectivity index (χ0v) is 11.0. The smallest absolute Gasteiger partial charge is 0.145 e. The lowest BCUT2D eigenvalue weighted by Gasteiger charge is -2.11. The summed E-state index contributed by atoms with van der Waals surface area (Å²) in [6.45, 7) is 2.79. The summed E-state index contributed by atoms with van der Waals surface area (Å²) in [5, 5.41) is 11.1. The highest BCUT2D eigenvalue weighted by Gasteiger charge is 2.11. The lowest BCUT2D eigenvalue weighted by Crippen LogP contribution is -2.08. The number of aromatic nitrogens is 2. The zero-order chi connectivity index (χ0) is 13.0. The maximum Gasteiger partial charge on any atom is 0.145 e. The van der Waals surface area contributed by atoms with E-state index in [-0.39, 0.29) is 6.61 Å². The van der Waals surface area contributed by atoms with Crippen molar-refractivity contribution in [1.29, 1.82) is 0 Å². The van der Waals surface area contributed by atoms with Gasteiger partial charge < -0.3 is 10.1 Å². The molecule has 5 nitrogen and oxygen atoms in total. The summed E-state index contributed by atoms with van der Waals surface area (Å²) < 4.78 is 10.3. The maximum absolute atomic E-state index is 6.13. The first kappa shape index (κ1) is 12.9. The predicted octanol–water partition coefficient (Wildman–Crippen LogP) is 2.33. The number of rotatable bonds is 5. The Morgan fingerprint density at radius 3 is 2.89 bits per heavy atom. The molecule has 0 atom stereocenters. The summed E-state index contributed by atoms with van der Waals surface area (Å²) in [5.41, 5.74) is 2.39. The largest absolute Gasteiger partial charge is 0.485 e. The summed E-state index contributed by atoms with van der Waals surface area (Å²) in [6.07, 6.45) is 0. The van der Waals surface area contributed by atoms with E-state index < -0.39 is 0 Å². The fraction of sp³-hybridized carbons (Fsp3) is 0.333. The summed E-state index contributed by atoms with van der Waals surface area (Å²) in [5.74, 6) is 0.663. The van der Waals surface area contributed by atoms with Crippen LogP contribution in [0.4, 0.5) is 0 Å². The van der Waals surface area contributed by atoms with Crippen LogP contribution >= 0.6 is 11.6 Å². The second-order valence-corrected chi connectivity index (χ2v) is 4.25. The van der Waals surface area contributed by atoms with E-state index in [1.807, 2.05) is 26.1 Å². The van der Waals surface area contributed by atoms with Gasteiger partial charge in [-0.15, -0.1) is 0 Å². The second kappa shape index (κ2) is 5.84. The van der Waals surface area contributed by atoms with Gasteiger partial charge in [0.15, 0.2) is 0 Å². The van der Waals surface area contributed by atoms with E-state index in [9.17, 15) is 0 Å². The normalized spacial score (nSPS) is 10.6. The number of hydrogen-bond donors (Lipinski definition) is 1. The van der Waals surface area contributed by atoms with Crippen molar-refractivity contribution in [1.82, 2.24) is 15.6 Å². The van der Waals surface area contributed by atoms with Gasteiger partial charge in [0.1, 0.15) is 23.7 Å². The summed E-state index contributed by atoms with van der Waals surface area (Å²) in [6, 6.07) is 5.65. The number of benzene rings is 1. The quantitative estimate of drug-likeness (QED) is 0.901. The van der Waals surface area contributed by atoms with Gasteiger partial charge in [-0.25, -0.2) is 4.63 Å². The molecule has 2 aromatic rings. The molecule has 0 saturated carbocycles. The minimum atomic E-state index is 0.287. The lowest BCUT2D eigenvalue weighted by molar-refractivity contribution is 0.268. The second-order valence-electron chi connectivity index (χ2n) is 3.84. The monoisotopic (exact) mass is 267 g/mol. The standard InChI is InChI=1S/C12H14ClN3O2/c1-8-11(16-18-15-8)7-17-12-9(6-14-2)4-3-5-10(12)13/h3-5,14H,6-7H2,1-2H3. The van der Waals surface area contributed by atoms with E-state index >= 15 is 0 Å². The van der Waals surface area contributed by atoms with Crippen LogP contribution < -0.4 is 10.1 Å². The number of aryl methyl sites for hydroxylation is 1.